The molecule has 0 radical (unpaired) electrons. The van der Waals surface area contributed by atoms with Gasteiger partial charge in [0.05, 0.1) is 5.75 Å². The van der Waals surface area contributed by atoms with Crippen LogP contribution in [0.3, 0.4) is 0 Å². The van der Waals surface area contributed by atoms with Crippen LogP contribution in [0.2, 0.25) is 0 Å². The highest BCUT2D eigenvalue weighted by Crippen LogP contribution is 2.13. The van der Waals surface area contributed by atoms with Crippen LogP contribution in [-0.4, -0.2) is 25.0 Å². The van der Waals surface area contributed by atoms with Crippen LogP contribution in [0.4, 0.5) is 0 Å². The predicted octanol–water partition coefficient (Wildman–Crippen LogP) is 2.70. The molecule has 0 aromatic carbocycles. The first-order valence-corrected chi connectivity index (χ1v) is 8.14. The van der Waals surface area contributed by atoms with Gasteiger partial charge in [-0.1, -0.05) is 13.8 Å². The second-order valence-electron chi connectivity index (χ2n) is 3.78. The molecule has 0 amide bonds. The van der Waals surface area contributed by atoms with Crippen molar-refractivity contribution in [3.63, 3.8) is 0 Å². The van der Waals surface area contributed by atoms with Gasteiger partial charge in [-0.3, -0.25) is 0 Å². The molecule has 16 heavy (non-hydrogen) atoms. The zero-order chi connectivity index (χ0) is 12.0. The Bertz CT molecular complexity index is 384. The lowest BCUT2D eigenvalue weighted by Crippen LogP contribution is -2.33. The Morgan fingerprint density at radius 1 is 1.31 bits per heavy atom. The van der Waals surface area contributed by atoms with E-state index in [9.17, 15) is 8.42 Å². The van der Waals surface area contributed by atoms with Gasteiger partial charge in [0.2, 0.25) is 10.0 Å². The fraction of sp³-hybridized carbons (Fsp3) is 0.636. The van der Waals surface area contributed by atoms with Crippen LogP contribution in [-0.2, 0) is 16.6 Å². The van der Waals surface area contributed by atoms with Crippen LogP contribution in [0.5, 0.6) is 0 Å². The molecule has 1 aromatic heterocycles. The van der Waals surface area contributed by atoms with Crippen LogP contribution < -0.4 is 0 Å². The van der Waals surface area contributed by atoms with Crippen molar-refractivity contribution in [2.75, 3.05) is 12.3 Å². The Morgan fingerprint density at radius 3 is 2.56 bits per heavy atom. The summed E-state index contributed by atoms with van der Waals surface area (Å²) in [7, 11) is -3.07. The van der Waals surface area contributed by atoms with Crippen LogP contribution in [0.15, 0.2) is 16.8 Å². The van der Waals surface area contributed by atoms with Gasteiger partial charge in [0.15, 0.2) is 0 Å². The Labute approximate surface area is 102 Å². The molecule has 92 valence electrons. The summed E-state index contributed by atoms with van der Waals surface area (Å²) in [5, 5.41) is 3.98. The zero-order valence-corrected chi connectivity index (χ0v) is 11.5. The summed E-state index contributed by atoms with van der Waals surface area (Å²) in [5.41, 5.74) is 1.08. The number of thiophene rings is 1. The average molecular weight is 261 g/mol. The van der Waals surface area contributed by atoms with E-state index in [1.54, 1.807) is 15.6 Å². The van der Waals surface area contributed by atoms with Crippen molar-refractivity contribution in [3.05, 3.63) is 22.4 Å². The average Bonchev–Trinajstić information content (AvgIpc) is 2.69. The molecular weight excluding hydrogens is 242 g/mol. The van der Waals surface area contributed by atoms with Gasteiger partial charge in [0.1, 0.15) is 0 Å². The quantitative estimate of drug-likeness (QED) is 0.757. The van der Waals surface area contributed by atoms with Gasteiger partial charge in [-0.25, -0.2) is 8.42 Å². The number of hydrogen-bond donors (Lipinski definition) is 0. The van der Waals surface area contributed by atoms with Gasteiger partial charge in [0.25, 0.3) is 0 Å². The molecule has 0 saturated heterocycles. The second-order valence-corrected chi connectivity index (χ2v) is 6.65. The van der Waals surface area contributed by atoms with Gasteiger partial charge in [0, 0.05) is 13.1 Å². The summed E-state index contributed by atoms with van der Waals surface area (Å²) < 4.78 is 25.5. The summed E-state index contributed by atoms with van der Waals surface area (Å²) in [5.74, 6) is 0.247. The number of nitrogens with zero attached hydrogens (tertiary/aromatic N) is 1. The van der Waals surface area contributed by atoms with Gasteiger partial charge >= 0.3 is 0 Å². The van der Waals surface area contributed by atoms with Crippen molar-refractivity contribution in [1.82, 2.24) is 4.31 Å². The maximum Gasteiger partial charge on any atom is 0.214 e. The molecule has 0 aliphatic carbocycles. The van der Waals surface area contributed by atoms with Crippen molar-refractivity contribution in [2.45, 2.75) is 33.2 Å². The van der Waals surface area contributed by atoms with E-state index >= 15 is 0 Å². The fourth-order valence-electron chi connectivity index (χ4n) is 1.54. The molecule has 0 saturated carbocycles. The molecule has 0 unspecified atom stereocenters. The van der Waals surface area contributed by atoms with E-state index in [2.05, 4.69) is 0 Å². The number of rotatable bonds is 7. The van der Waals surface area contributed by atoms with Gasteiger partial charge in [-0.15, -0.1) is 0 Å². The molecule has 5 heteroatoms. The lowest BCUT2D eigenvalue weighted by Gasteiger charge is -2.20. The number of hydrogen-bond acceptors (Lipinski definition) is 3. The molecule has 0 atom stereocenters. The Kier molecular flexibility index (Phi) is 5.44. The lowest BCUT2D eigenvalue weighted by molar-refractivity contribution is 0.406. The van der Waals surface area contributed by atoms with Crippen molar-refractivity contribution < 1.29 is 8.42 Å². The van der Waals surface area contributed by atoms with Crippen molar-refractivity contribution in [3.8, 4) is 0 Å². The minimum Gasteiger partial charge on any atom is -0.212 e. The standard InChI is InChI=1S/C11H19NO2S2/c1-3-6-12(16(13,14)8-4-2)9-11-5-7-15-10-11/h5,7,10H,3-4,6,8-9H2,1-2H3. The maximum absolute atomic E-state index is 12.0. The predicted molar refractivity (Wildman–Crippen MR) is 69.1 cm³/mol. The molecular formula is C11H19NO2S2. The van der Waals surface area contributed by atoms with E-state index in [1.165, 1.54) is 0 Å². The third kappa shape index (κ3) is 3.88. The van der Waals surface area contributed by atoms with Crippen LogP contribution in [0, 0.1) is 0 Å². The monoisotopic (exact) mass is 261 g/mol. The molecule has 1 heterocycles. The highest BCUT2D eigenvalue weighted by molar-refractivity contribution is 7.89. The fourth-order valence-corrected chi connectivity index (χ4v) is 3.78. The van der Waals surface area contributed by atoms with E-state index in [1.807, 2.05) is 30.7 Å². The molecule has 1 aromatic rings. The van der Waals surface area contributed by atoms with Crippen molar-refractivity contribution in [1.29, 1.82) is 0 Å². The molecule has 3 nitrogen and oxygen atoms in total. The van der Waals surface area contributed by atoms with Gasteiger partial charge in [-0.2, -0.15) is 15.6 Å². The van der Waals surface area contributed by atoms with E-state index in [0.29, 0.717) is 19.5 Å². The zero-order valence-electron chi connectivity index (χ0n) is 9.85. The van der Waals surface area contributed by atoms with E-state index in [0.717, 1.165) is 12.0 Å². The minimum absolute atomic E-state index is 0.247. The van der Waals surface area contributed by atoms with E-state index < -0.39 is 10.0 Å². The van der Waals surface area contributed by atoms with Gasteiger partial charge < -0.3 is 0 Å². The molecule has 0 N–H and O–H groups in total. The molecule has 0 bridgehead atoms. The molecule has 0 aliphatic rings. The summed E-state index contributed by atoms with van der Waals surface area (Å²) >= 11 is 1.60. The van der Waals surface area contributed by atoms with Crippen molar-refractivity contribution >= 4 is 21.4 Å². The molecule has 1 rings (SSSR count). The third-order valence-electron chi connectivity index (χ3n) is 2.27. The molecule has 0 aliphatic heterocycles. The first-order chi connectivity index (χ1) is 7.60. The minimum atomic E-state index is -3.07. The third-order valence-corrected chi connectivity index (χ3v) is 5.02. The van der Waals surface area contributed by atoms with Gasteiger partial charge in [-0.05, 0) is 35.2 Å². The SMILES string of the molecule is CCCN(Cc1ccsc1)S(=O)(=O)CCC. The van der Waals surface area contributed by atoms with Crippen LogP contribution in [0.1, 0.15) is 32.3 Å². The highest BCUT2D eigenvalue weighted by Gasteiger charge is 2.20. The first kappa shape index (κ1) is 13.7. The van der Waals surface area contributed by atoms with E-state index in [4.69, 9.17) is 0 Å². The highest BCUT2D eigenvalue weighted by atomic mass is 32.2. The molecule has 0 spiro atoms. The van der Waals surface area contributed by atoms with Crippen LogP contribution >= 0.6 is 11.3 Å². The summed E-state index contributed by atoms with van der Waals surface area (Å²) in [6.07, 6.45) is 1.53. The van der Waals surface area contributed by atoms with E-state index in [-0.39, 0.29) is 5.75 Å². The summed E-state index contributed by atoms with van der Waals surface area (Å²) in [4.78, 5) is 0. The molecule has 0 fully saturated rings. The Morgan fingerprint density at radius 2 is 2.06 bits per heavy atom. The lowest BCUT2D eigenvalue weighted by atomic mass is 10.3. The summed E-state index contributed by atoms with van der Waals surface area (Å²) in [6.45, 7) is 5.02. The largest absolute Gasteiger partial charge is 0.214 e. The van der Waals surface area contributed by atoms with Crippen molar-refractivity contribution in [2.24, 2.45) is 0 Å². The number of sulfonamides is 1. The Hall–Kier alpha value is -0.390. The first-order valence-electron chi connectivity index (χ1n) is 5.59. The maximum atomic E-state index is 12.0. The smallest absolute Gasteiger partial charge is 0.212 e. The van der Waals surface area contributed by atoms with Crippen LogP contribution in [0.25, 0.3) is 0 Å². The topological polar surface area (TPSA) is 37.4 Å². The normalized spacial score (nSPS) is 12.2. The second kappa shape index (κ2) is 6.37. The Balaban J connectivity index is 2.74. The summed E-state index contributed by atoms with van der Waals surface area (Å²) in [6, 6.07) is 1.98.